The number of hydrogen-bond donors (Lipinski definition) is 2. The fourth-order valence-electron chi connectivity index (χ4n) is 1.52. The van der Waals surface area contributed by atoms with Crippen molar-refractivity contribution in [1.82, 2.24) is 5.43 Å². The van der Waals surface area contributed by atoms with Gasteiger partial charge in [0, 0.05) is 10.0 Å². The number of nitrogens with zero attached hydrogens (tertiary/aromatic N) is 1. The first-order valence-electron chi connectivity index (χ1n) is 4.94. The first kappa shape index (κ1) is 12.0. The number of benzene rings is 2. The van der Waals surface area contributed by atoms with Crippen molar-refractivity contribution in [1.29, 1.82) is 0 Å². The third kappa shape index (κ3) is 2.81. The van der Waals surface area contributed by atoms with E-state index in [1.807, 2.05) is 24.3 Å². The van der Waals surface area contributed by atoms with Gasteiger partial charge in [0.2, 0.25) is 0 Å². The zero-order valence-electron chi connectivity index (χ0n) is 8.85. The molecule has 0 heterocycles. The molecule has 0 aromatic heterocycles. The lowest BCUT2D eigenvalue weighted by molar-refractivity contribution is 1.04. The maximum atomic E-state index is 5.28. The van der Waals surface area contributed by atoms with Gasteiger partial charge in [0.25, 0.3) is 0 Å². The Morgan fingerprint density at radius 3 is 2.82 bits per heavy atom. The van der Waals surface area contributed by atoms with Crippen LogP contribution in [0.15, 0.2) is 46.0 Å². The molecule has 0 aliphatic heterocycles. The van der Waals surface area contributed by atoms with E-state index in [2.05, 4.69) is 50.8 Å². The summed E-state index contributed by atoms with van der Waals surface area (Å²) in [5, 5.41) is 6.41. The second-order valence-corrected chi connectivity index (χ2v) is 4.66. The third-order valence-electron chi connectivity index (χ3n) is 2.27. The molecule has 86 valence electrons. The second-order valence-electron chi connectivity index (χ2n) is 3.42. The van der Waals surface area contributed by atoms with Crippen molar-refractivity contribution < 1.29 is 0 Å². The molecule has 0 unspecified atom stereocenters. The Balaban J connectivity index is 2.39. The standard InChI is InChI=1S/C12H10BrN3S/c13-11-9(7-15-16-12(14)17)6-5-8-3-1-2-4-10(8)11/h1-7H,(H3,14,16,17). The fourth-order valence-corrected chi connectivity index (χ4v) is 2.16. The first-order valence-corrected chi connectivity index (χ1v) is 6.14. The van der Waals surface area contributed by atoms with E-state index in [1.54, 1.807) is 6.21 Å². The van der Waals surface area contributed by atoms with Crippen LogP contribution >= 0.6 is 28.1 Å². The molecule has 0 saturated heterocycles. The molecule has 0 aliphatic rings. The topological polar surface area (TPSA) is 50.4 Å². The van der Waals surface area contributed by atoms with Crippen LogP contribution in [0.5, 0.6) is 0 Å². The van der Waals surface area contributed by atoms with Gasteiger partial charge in [-0.15, -0.1) is 0 Å². The molecule has 17 heavy (non-hydrogen) atoms. The highest BCUT2D eigenvalue weighted by Gasteiger charge is 2.02. The molecule has 0 fully saturated rings. The summed E-state index contributed by atoms with van der Waals surface area (Å²) in [7, 11) is 0. The number of hydrogen-bond acceptors (Lipinski definition) is 2. The summed E-state index contributed by atoms with van der Waals surface area (Å²) < 4.78 is 1.00. The normalized spacial score (nSPS) is 10.9. The second kappa shape index (κ2) is 5.25. The average molecular weight is 308 g/mol. The van der Waals surface area contributed by atoms with E-state index >= 15 is 0 Å². The lowest BCUT2D eigenvalue weighted by Gasteiger charge is -2.03. The van der Waals surface area contributed by atoms with Crippen molar-refractivity contribution in [2.24, 2.45) is 10.8 Å². The Morgan fingerprint density at radius 2 is 2.06 bits per heavy atom. The zero-order chi connectivity index (χ0) is 12.3. The van der Waals surface area contributed by atoms with E-state index in [0.717, 1.165) is 15.4 Å². The predicted octanol–water partition coefficient (Wildman–Crippen LogP) is 2.77. The van der Waals surface area contributed by atoms with Gasteiger partial charge in [-0.1, -0.05) is 36.4 Å². The molecule has 2 aromatic carbocycles. The highest BCUT2D eigenvalue weighted by molar-refractivity contribution is 9.10. The van der Waals surface area contributed by atoms with E-state index in [9.17, 15) is 0 Å². The molecular formula is C12H10BrN3S. The number of nitrogens with one attached hydrogen (secondary N) is 1. The largest absolute Gasteiger partial charge is 0.375 e. The molecule has 0 radical (unpaired) electrons. The number of fused-ring (bicyclic) bond motifs is 1. The van der Waals surface area contributed by atoms with Crippen LogP contribution < -0.4 is 11.2 Å². The van der Waals surface area contributed by atoms with Gasteiger partial charge < -0.3 is 5.73 Å². The monoisotopic (exact) mass is 307 g/mol. The van der Waals surface area contributed by atoms with E-state index in [4.69, 9.17) is 5.73 Å². The average Bonchev–Trinajstić information content (AvgIpc) is 2.32. The zero-order valence-corrected chi connectivity index (χ0v) is 11.3. The van der Waals surface area contributed by atoms with Crippen molar-refractivity contribution >= 4 is 50.2 Å². The molecule has 0 amide bonds. The maximum absolute atomic E-state index is 5.28. The predicted molar refractivity (Wildman–Crippen MR) is 79.2 cm³/mol. The molecule has 0 atom stereocenters. The molecule has 5 heteroatoms. The van der Waals surface area contributed by atoms with E-state index < -0.39 is 0 Å². The van der Waals surface area contributed by atoms with Gasteiger partial charge in [-0.25, -0.2) is 0 Å². The molecule has 2 aromatic rings. The Kier molecular flexibility index (Phi) is 3.71. The molecular weight excluding hydrogens is 298 g/mol. The highest BCUT2D eigenvalue weighted by atomic mass is 79.9. The smallest absolute Gasteiger partial charge is 0.184 e. The molecule has 0 saturated carbocycles. The van der Waals surface area contributed by atoms with Gasteiger partial charge in [0.1, 0.15) is 0 Å². The molecule has 2 rings (SSSR count). The van der Waals surface area contributed by atoms with Crippen LogP contribution in [-0.4, -0.2) is 11.3 Å². The summed E-state index contributed by atoms with van der Waals surface area (Å²) in [5.74, 6) is 0. The quantitative estimate of drug-likeness (QED) is 0.509. The van der Waals surface area contributed by atoms with Gasteiger partial charge in [-0.05, 0) is 38.9 Å². The van der Waals surface area contributed by atoms with Crippen LogP contribution in [0, 0.1) is 0 Å². The van der Waals surface area contributed by atoms with Crippen LogP contribution in [0.4, 0.5) is 0 Å². The van der Waals surface area contributed by atoms with Crippen molar-refractivity contribution in [2.45, 2.75) is 0 Å². The summed E-state index contributed by atoms with van der Waals surface area (Å²) in [6.07, 6.45) is 1.68. The van der Waals surface area contributed by atoms with Gasteiger partial charge in [0.15, 0.2) is 5.11 Å². The lowest BCUT2D eigenvalue weighted by atomic mass is 10.1. The molecule has 3 N–H and O–H groups in total. The lowest BCUT2D eigenvalue weighted by Crippen LogP contribution is -2.24. The van der Waals surface area contributed by atoms with E-state index in [-0.39, 0.29) is 5.11 Å². The molecule has 0 bridgehead atoms. The van der Waals surface area contributed by atoms with Crippen molar-refractivity contribution in [3.8, 4) is 0 Å². The van der Waals surface area contributed by atoms with Crippen LogP contribution in [0.2, 0.25) is 0 Å². The minimum atomic E-state index is 0.151. The SMILES string of the molecule is NC(=S)NN=Cc1ccc2ccccc2c1Br. The molecule has 0 spiro atoms. The number of thiocarbonyl (C=S) groups is 1. The summed E-state index contributed by atoms with van der Waals surface area (Å²) >= 11 is 8.23. The summed E-state index contributed by atoms with van der Waals surface area (Å²) in [4.78, 5) is 0. The minimum absolute atomic E-state index is 0.151. The molecule has 3 nitrogen and oxygen atoms in total. The minimum Gasteiger partial charge on any atom is -0.375 e. The first-order chi connectivity index (χ1) is 8.18. The Labute approximate surface area is 113 Å². The fraction of sp³-hybridized carbons (Fsp3) is 0. The Morgan fingerprint density at radius 1 is 1.29 bits per heavy atom. The number of halogens is 1. The van der Waals surface area contributed by atoms with Gasteiger partial charge in [0.05, 0.1) is 6.21 Å². The number of hydrazone groups is 1. The van der Waals surface area contributed by atoms with Gasteiger partial charge in [-0.3, -0.25) is 5.43 Å². The summed E-state index contributed by atoms with van der Waals surface area (Å²) in [5.41, 5.74) is 8.77. The van der Waals surface area contributed by atoms with Crippen molar-refractivity contribution in [3.05, 3.63) is 46.4 Å². The number of rotatable bonds is 2. The third-order valence-corrected chi connectivity index (χ3v) is 3.25. The van der Waals surface area contributed by atoms with Crippen LogP contribution in [0.3, 0.4) is 0 Å². The van der Waals surface area contributed by atoms with Crippen LogP contribution in [-0.2, 0) is 0 Å². The van der Waals surface area contributed by atoms with Crippen molar-refractivity contribution in [3.63, 3.8) is 0 Å². The van der Waals surface area contributed by atoms with Crippen molar-refractivity contribution in [2.75, 3.05) is 0 Å². The van der Waals surface area contributed by atoms with Crippen LogP contribution in [0.1, 0.15) is 5.56 Å². The van der Waals surface area contributed by atoms with Gasteiger partial charge >= 0.3 is 0 Å². The highest BCUT2D eigenvalue weighted by Crippen LogP contribution is 2.26. The summed E-state index contributed by atoms with van der Waals surface area (Å²) in [6, 6.07) is 12.2. The van der Waals surface area contributed by atoms with E-state index in [1.165, 1.54) is 5.39 Å². The van der Waals surface area contributed by atoms with Crippen LogP contribution in [0.25, 0.3) is 10.8 Å². The maximum Gasteiger partial charge on any atom is 0.184 e. The Hall–Kier alpha value is -1.46. The van der Waals surface area contributed by atoms with E-state index in [0.29, 0.717) is 0 Å². The Bertz CT molecular complexity index is 595. The summed E-state index contributed by atoms with van der Waals surface area (Å²) in [6.45, 7) is 0. The number of nitrogens with two attached hydrogens (primary N) is 1. The molecule has 0 aliphatic carbocycles. The van der Waals surface area contributed by atoms with Gasteiger partial charge in [-0.2, -0.15) is 5.10 Å².